The second-order valence-electron chi connectivity index (χ2n) is 8.07. The van der Waals surface area contributed by atoms with E-state index in [1.807, 2.05) is 6.92 Å². The van der Waals surface area contributed by atoms with Crippen LogP contribution in [0.15, 0.2) is 38.5 Å². The average Bonchev–Trinajstić information content (AvgIpc) is 3.55. The number of aldehydes is 1. The highest BCUT2D eigenvalue weighted by Crippen LogP contribution is 2.49. The maximum Gasteiger partial charge on any atom is 0.225 e. The van der Waals surface area contributed by atoms with Crippen LogP contribution >= 0.6 is 32.8 Å². The van der Waals surface area contributed by atoms with E-state index < -0.39 is 0 Å². The molecule has 1 heterocycles. The number of carbonyl (C=O) groups is 2. The Bertz CT molecular complexity index is 805. The lowest BCUT2D eigenvalue weighted by atomic mass is 10.1. The summed E-state index contributed by atoms with van der Waals surface area (Å²) in [7, 11) is 2.74. The first-order chi connectivity index (χ1) is 13.9. The maximum atomic E-state index is 12.6. The van der Waals surface area contributed by atoms with Crippen LogP contribution in [0.2, 0.25) is 0 Å². The number of aliphatic hydroxyl groups excluding tert-OH is 1. The quantitative estimate of drug-likeness (QED) is 0.328. The number of thioether (sulfide) groups is 2. The SMILES string of the molecule is CCCCc1ccc2c(c1)S/C(=C(\C=O)CC(=O)NC(C)(P)C1CC1)C(CO)S2. The fraction of sp³-hybridized carbons (Fsp3) is 0.545. The van der Waals surface area contributed by atoms with E-state index in [1.165, 1.54) is 17.3 Å². The number of amides is 1. The normalized spacial score (nSPS) is 22.4. The Balaban J connectivity index is 1.80. The number of nitrogens with one attached hydrogen (secondary N) is 1. The molecule has 0 aromatic heterocycles. The standard InChI is InChI=1S/C22H30NO3PS2/c1-3-4-5-14-6-9-17-18(10-14)29-21(19(13-25)28-17)15(12-24)11-20(26)23-22(2,27)16-7-8-16/h6,9-10,12,16,19,25H,3-5,7-8,11,13,27H2,1-2H3,(H,23,26)/b21-15-. The van der Waals surface area contributed by atoms with Gasteiger partial charge in [-0.15, -0.1) is 21.0 Å². The third-order valence-electron chi connectivity index (χ3n) is 5.42. The first kappa shape index (κ1) is 22.9. The van der Waals surface area contributed by atoms with Crippen molar-refractivity contribution in [3.8, 4) is 0 Å². The molecule has 1 fully saturated rings. The number of fused-ring (bicyclic) bond motifs is 1. The van der Waals surface area contributed by atoms with Crippen molar-refractivity contribution in [2.24, 2.45) is 5.92 Å². The predicted molar refractivity (Wildman–Crippen MR) is 124 cm³/mol. The summed E-state index contributed by atoms with van der Waals surface area (Å²) in [6.07, 6.45) is 6.41. The molecule has 3 unspecified atom stereocenters. The summed E-state index contributed by atoms with van der Waals surface area (Å²) in [6.45, 7) is 4.13. The van der Waals surface area contributed by atoms with E-state index >= 15 is 0 Å². The molecule has 1 aromatic carbocycles. The van der Waals surface area contributed by atoms with E-state index in [2.05, 4.69) is 39.7 Å². The van der Waals surface area contributed by atoms with Crippen LogP contribution in [0.4, 0.5) is 0 Å². The number of hydrogen-bond donors (Lipinski definition) is 2. The Hall–Kier alpha value is -0.810. The predicted octanol–water partition coefficient (Wildman–Crippen LogP) is 4.55. The van der Waals surface area contributed by atoms with E-state index in [9.17, 15) is 14.7 Å². The van der Waals surface area contributed by atoms with E-state index in [0.717, 1.165) is 53.1 Å². The molecule has 3 rings (SSSR count). The van der Waals surface area contributed by atoms with Crippen LogP contribution in [-0.4, -0.2) is 34.4 Å². The molecule has 1 saturated carbocycles. The number of aryl methyl sites for hydroxylation is 1. The number of unbranched alkanes of at least 4 members (excludes halogenated alkanes) is 1. The molecule has 0 spiro atoms. The lowest BCUT2D eigenvalue weighted by Gasteiger charge is -2.28. The molecular weight excluding hydrogens is 421 g/mol. The highest BCUT2D eigenvalue weighted by Gasteiger charge is 2.39. The van der Waals surface area contributed by atoms with Crippen LogP contribution in [0.1, 0.15) is 51.5 Å². The van der Waals surface area contributed by atoms with Crippen molar-refractivity contribution in [2.75, 3.05) is 6.61 Å². The van der Waals surface area contributed by atoms with Crippen molar-refractivity contribution >= 4 is 45.0 Å². The van der Waals surface area contributed by atoms with Crippen LogP contribution in [0.5, 0.6) is 0 Å². The highest BCUT2D eigenvalue weighted by molar-refractivity contribution is 8.08. The topological polar surface area (TPSA) is 66.4 Å². The second-order valence-corrected chi connectivity index (χ2v) is 11.6. The van der Waals surface area contributed by atoms with Gasteiger partial charge >= 0.3 is 0 Å². The summed E-state index contributed by atoms with van der Waals surface area (Å²) >= 11 is 3.10. The summed E-state index contributed by atoms with van der Waals surface area (Å²) in [5, 5.41) is 12.4. The Labute approximate surface area is 184 Å². The summed E-state index contributed by atoms with van der Waals surface area (Å²) in [5.74, 6) is 0.343. The van der Waals surface area contributed by atoms with E-state index in [4.69, 9.17) is 0 Å². The smallest absolute Gasteiger partial charge is 0.225 e. The zero-order valence-corrected chi connectivity index (χ0v) is 19.9. The molecule has 3 atom stereocenters. The van der Waals surface area contributed by atoms with Gasteiger partial charge in [-0.05, 0) is 56.2 Å². The minimum atomic E-state index is -0.318. The number of carbonyl (C=O) groups excluding carboxylic acids is 2. The van der Waals surface area contributed by atoms with Gasteiger partial charge in [-0.3, -0.25) is 9.59 Å². The summed E-state index contributed by atoms with van der Waals surface area (Å²) in [6, 6.07) is 6.45. The first-order valence-electron chi connectivity index (χ1n) is 10.2. The van der Waals surface area contributed by atoms with Crippen molar-refractivity contribution in [1.29, 1.82) is 0 Å². The third kappa shape index (κ3) is 5.88. The molecular formula is C22H30NO3PS2. The molecule has 29 heavy (non-hydrogen) atoms. The van der Waals surface area contributed by atoms with Crippen LogP contribution < -0.4 is 5.32 Å². The number of rotatable bonds is 9. The summed E-state index contributed by atoms with van der Waals surface area (Å²) in [4.78, 5) is 27.5. The van der Waals surface area contributed by atoms with Crippen molar-refractivity contribution in [3.05, 3.63) is 34.2 Å². The van der Waals surface area contributed by atoms with Gasteiger partial charge < -0.3 is 10.4 Å². The molecule has 7 heteroatoms. The van der Waals surface area contributed by atoms with Gasteiger partial charge in [0.05, 0.1) is 23.6 Å². The van der Waals surface area contributed by atoms with Crippen LogP contribution in [-0.2, 0) is 16.0 Å². The molecule has 4 nitrogen and oxygen atoms in total. The molecule has 1 aliphatic heterocycles. The molecule has 1 aromatic rings. The Morgan fingerprint density at radius 3 is 2.76 bits per heavy atom. The van der Waals surface area contributed by atoms with Gasteiger partial charge in [0.2, 0.25) is 5.91 Å². The number of hydrogen-bond acceptors (Lipinski definition) is 5. The van der Waals surface area contributed by atoms with Gasteiger partial charge in [0, 0.05) is 20.3 Å². The zero-order chi connectivity index (χ0) is 21.0. The largest absolute Gasteiger partial charge is 0.395 e. The minimum absolute atomic E-state index is 0.0461. The average molecular weight is 452 g/mol. The second kappa shape index (κ2) is 10.00. The lowest BCUT2D eigenvalue weighted by molar-refractivity contribution is -0.122. The summed E-state index contributed by atoms with van der Waals surface area (Å²) < 4.78 is 0. The third-order valence-corrected chi connectivity index (χ3v) is 8.92. The van der Waals surface area contributed by atoms with Gasteiger partial charge in [-0.2, -0.15) is 0 Å². The Morgan fingerprint density at radius 1 is 1.38 bits per heavy atom. The van der Waals surface area contributed by atoms with Crippen LogP contribution in [0.25, 0.3) is 0 Å². The van der Waals surface area contributed by atoms with E-state index in [-0.39, 0.29) is 29.5 Å². The molecule has 2 aliphatic rings. The molecule has 0 saturated heterocycles. The van der Waals surface area contributed by atoms with Crippen LogP contribution in [0.3, 0.4) is 0 Å². The fourth-order valence-corrected chi connectivity index (χ4v) is 6.63. The van der Waals surface area contributed by atoms with E-state index in [1.54, 1.807) is 11.8 Å². The van der Waals surface area contributed by atoms with Crippen molar-refractivity contribution in [1.82, 2.24) is 5.32 Å². The van der Waals surface area contributed by atoms with Crippen molar-refractivity contribution in [3.63, 3.8) is 0 Å². The summed E-state index contributed by atoms with van der Waals surface area (Å²) in [5.41, 5.74) is 1.76. The van der Waals surface area contributed by atoms with Gasteiger partial charge in [-0.1, -0.05) is 31.2 Å². The Morgan fingerprint density at radius 2 is 2.14 bits per heavy atom. The van der Waals surface area contributed by atoms with Crippen molar-refractivity contribution in [2.45, 2.75) is 72.7 Å². The highest BCUT2D eigenvalue weighted by atomic mass is 32.2. The van der Waals surface area contributed by atoms with Gasteiger partial charge in [0.25, 0.3) is 0 Å². The molecule has 1 amide bonds. The van der Waals surface area contributed by atoms with E-state index in [0.29, 0.717) is 11.5 Å². The fourth-order valence-electron chi connectivity index (χ4n) is 3.54. The number of aliphatic hydroxyl groups is 1. The molecule has 2 N–H and O–H groups in total. The first-order valence-corrected chi connectivity index (χ1v) is 12.5. The zero-order valence-electron chi connectivity index (χ0n) is 17.1. The van der Waals surface area contributed by atoms with Gasteiger partial charge in [-0.25, -0.2) is 0 Å². The Kier molecular flexibility index (Phi) is 7.88. The molecule has 158 valence electrons. The number of benzene rings is 1. The monoisotopic (exact) mass is 451 g/mol. The molecule has 0 bridgehead atoms. The lowest BCUT2D eigenvalue weighted by Crippen LogP contribution is -2.42. The van der Waals surface area contributed by atoms with Crippen molar-refractivity contribution < 1.29 is 14.7 Å². The maximum absolute atomic E-state index is 12.6. The molecule has 0 radical (unpaired) electrons. The van der Waals surface area contributed by atoms with Gasteiger partial charge in [0.1, 0.15) is 6.29 Å². The van der Waals surface area contributed by atoms with Crippen LogP contribution in [0, 0.1) is 5.92 Å². The van der Waals surface area contributed by atoms with Gasteiger partial charge in [0.15, 0.2) is 0 Å². The molecule has 1 aliphatic carbocycles. The minimum Gasteiger partial charge on any atom is -0.395 e.